The Hall–Kier alpha value is -0.900. The minimum absolute atomic E-state index is 0.0551. The summed E-state index contributed by atoms with van der Waals surface area (Å²) in [6.45, 7) is 2.45. The van der Waals surface area contributed by atoms with Gasteiger partial charge in [-0.25, -0.2) is 0 Å². The summed E-state index contributed by atoms with van der Waals surface area (Å²) in [5.41, 5.74) is 1.58. The van der Waals surface area contributed by atoms with Crippen molar-refractivity contribution in [3.8, 4) is 6.07 Å². The molecule has 0 saturated carbocycles. The van der Waals surface area contributed by atoms with Crippen molar-refractivity contribution >= 4 is 37.8 Å². The van der Waals surface area contributed by atoms with E-state index in [2.05, 4.69) is 37.9 Å². The molecule has 1 aromatic carbocycles. The summed E-state index contributed by atoms with van der Waals surface area (Å²) in [5.74, 6) is 0.0551. The fourth-order valence-electron chi connectivity index (χ4n) is 1.99. The molecular weight excluding hydrogens is 388 g/mol. The first kappa shape index (κ1) is 15.5. The molecule has 1 aliphatic heterocycles. The van der Waals surface area contributed by atoms with Crippen molar-refractivity contribution in [2.24, 2.45) is 0 Å². The molecule has 0 radical (unpaired) electrons. The highest BCUT2D eigenvalue weighted by atomic mass is 79.9. The second kappa shape index (κ2) is 7.21. The van der Waals surface area contributed by atoms with Crippen molar-refractivity contribution in [3.05, 3.63) is 35.4 Å². The molecule has 1 fully saturated rings. The Bertz CT molecular complexity index is 507. The average Bonchev–Trinajstić information content (AvgIpc) is 2.53. The van der Waals surface area contributed by atoms with Crippen LogP contribution >= 0.6 is 31.9 Å². The van der Waals surface area contributed by atoms with Crippen molar-refractivity contribution in [1.29, 1.82) is 5.26 Å². The molecule has 0 aliphatic carbocycles. The molecular formula is C14H14Br2N2O2. The van der Waals surface area contributed by atoms with Crippen LogP contribution in [0.4, 0.5) is 0 Å². The first-order valence-electron chi connectivity index (χ1n) is 6.28. The number of carbonyl (C=O) groups is 1. The van der Waals surface area contributed by atoms with Gasteiger partial charge in [-0.1, -0.05) is 44.0 Å². The number of halogens is 2. The van der Waals surface area contributed by atoms with E-state index in [1.807, 2.05) is 12.1 Å². The highest BCUT2D eigenvalue weighted by Gasteiger charge is 2.29. The fourth-order valence-corrected chi connectivity index (χ4v) is 3.12. The number of amides is 1. The lowest BCUT2D eigenvalue weighted by Crippen LogP contribution is -2.45. The lowest BCUT2D eigenvalue weighted by atomic mass is 10.1. The van der Waals surface area contributed by atoms with E-state index in [0.717, 1.165) is 5.56 Å². The van der Waals surface area contributed by atoms with Crippen LogP contribution in [0.2, 0.25) is 0 Å². The van der Waals surface area contributed by atoms with Gasteiger partial charge < -0.3 is 9.64 Å². The quantitative estimate of drug-likeness (QED) is 0.731. The molecule has 2 rings (SSSR count). The van der Waals surface area contributed by atoms with Crippen LogP contribution in [0.5, 0.6) is 0 Å². The van der Waals surface area contributed by atoms with Crippen LogP contribution in [0.1, 0.15) is 16.0 Å². The first-order chi connectivity index (χ1) is 9.63. The number of carbonyl (C=O) groups excluding carboxylic acids is 1. The van der Waals surface area contributed by atoms with Gasteiger partial charge >= 0.3 is 0 Å². The SMILES string of the molecule is N#Cc1ccc([C@@H](Br)[C@@H](Br)C(=O)N2CCOCC2)cc1. The summed E-state index contributed by atoms with van der Waals surface area (Å²) in [6, 6.07) is 9.31. The number of nitrogens with zero attached hydrogens (tertiary/aromatic N) is 2. The number of morpholine rings is 1. The zero-order valence-corrected chi connectivity index (χ0v) is 13.9. The van der Waals surface area contributed by atoms with E-state index in [4.69, 9.17) is 10.00 Å². The summed E-state index contributed by atoms with van der Waals surface area (Å²) >= 11 is 7.03. The zero-order valence-electron chi connectivity index (χ0n) is 10.8. The Balaban J connectivity index is 2.04. The van der Waals surface area contributed by atoms with Crippen molar-refractivity contribution in [2.75, 3.05) is 26.3 Å². The first-order valence-corrected chi connectivity index (χ1v) is 8.11. The van der Waals surface area contributed by atoms with E-state index in [1.165, 1.54) is 0 Å². The van der Waals surface area contributed by atoms with Gasteiger partial charge in [0.1, 0.15) is 4.83 Å². The third kappa shape index (κ3) is 3.60. The summed E-state index contributed by atoms with van der Waals surface area (Å²) in [6.07, 6.45) is 0. The standard InChI is InChI=1S/C14H14Br2N2O2/c15-12(11-3-1-10(9-17)2-4-11)13(16)14(19)18-5-7-20-8-6-18/h1-4,12-13H,5-8H2/t12-,13-/m1/s1. The molecule has 6 heteroatoms. The molecule has 1 saturated heterocycles. The van der Waals surface area contributed by atoms with Gasteiger partial charge in [-0.15, -0.1) is 0 Å². The van der Waals surface area contributed by atoms with Crippen LogP contribution in [0, 0.1) is 11.3 Å². The van der Waals surface area contributed by atoms with Gasteiger partial charge in [0.2, 0.25) is 5.91 Å². The predicted molar refractivity (Wildman–Crippen MR) is 82.9 cm³/mol. The van der Waals surface area contributed by atoms with E-state index < -0.39 is 0 Å². The number of hydrogen-bond donors (Lipinski definition) is 0. The number of alkyl halides is 2. The van der Waals surface area contributed by atoms with Crippen molar-refractivity contribution in [3.63, 3.8) is 0 Å². The molecule has 0 spiro atoms. The summed E-state index contributed by atoms with van der Waals surface area (Å²) in [5, 5.41) is 8.79. The zero-order chi connectivity index (χ0) is 14.5. The highest BCUT2D eigenvalue weighted by Crippen LogP contribution is 2.32. The molecule has 4 nitrogen and oxygen atoms in total. The lowest BCUT2D eigenvalue weighted by Gasteiger charge is -2.30. The minimum Gasteiger partial charge on any atom is -0.378 e. The maximum absolute atomic E-state index is 12.4. The largest absolute Gasteiger partial charge is 0.378 e. The van der Waals surface area contributed by atoms with Crippen molar-refractivity contribution in [1.82, 2.24) is 4.90 Å². The highest BCUT2D eigenvalue weighted by molar-refractivity contribution is 9.12. The maximum Gasteiger partial charge on any atom is 0.238 e. The second-order valence-corrected chi connectivity index (χ2v) is 6.45. The number of rotatable bonds is 3. The van der Waals surface area contributed by atoms with Gasteiger partial charge in [-0.05, 0) is 17.7 Å². The second-order valence-electron chi connectivity index (χ2n) is 4.47. The Morgan fingerprint density at radius 3 is 2.40 bits per heavy atom. The van der Waals surface area contributed by atoms with Gasteiger partial charge in [0.05, 0.1) is 29.7 Å². The van der Waals surface area contributed by atoms with Crippen molar-refractivity contribution < 1.29 is 9.53 Å². The van der Waals surface area contributed by atoms with Crippen molar-refractivity contribution in [2.45, 2.75) is 9.65 Å². The van der Waals surface area contributed by atoms with Gasteiger partial charge in [-0.2, -0.15) is 5.26 Å². The molecule has 1 heterocycles. The molecule has 0 aromatic heterocycles. The Kier molecular flexibility index (Phi) is 5.58. The van der Waals surface area contributed by atoms with Crippen LogP contribution < -0.4 is 0 Å². The molecule has 0 N–H and O–H groups in total. The number of hydrogen-bond acceptors (Lipinski definition) is 3. The van der Waals surface area contributed by atoms with Gasteiger partial charge in [0.15, 0.2) is 0 Å². The average molecular weight is 402 g/mol. The molecule has 2 atom stereocenters. The number of nitriles is 1. The van der Waals surface area contributed by atoms with E-state index in [-0.39, 0.29) is 15.6 Å². The van der Waals surface area contributed by atoms with Gasteiger partial charge in [-0.3, -0.25) is 4.79 Å². The monoisotopic (exact) mass is 400 g/mol. The topological polar surface area (TPSA) is 53.3 Å². The summed E-state index contributed by atoms with van der Waals surface area (Å²) < 4.78 is 5.25. The van der Waals surface area contributed by atoms with E-state index in [0.29, 0.717) is 31.9 Å². The lowest BCUT2D eigenvalue weighted by molar-refractivity contribution is -0.134. The van der Waals surface area contributed by atoms with Crippen LogP contribution in [-0.4, -0.2) is 41.9 Å². The van der Waals surface area contributed by atoms with E-state index in [1.54, 1.807) is 17.0 Å². The number of ether oxygens (including phenoxy) is 1. The Morgan fingerprint density at radius 1 is 1.25 bits per heavy atom. The molecule has 106 valence electrons. The Morgan fingerprint density at radius 2 is 1.85 bits per heavy atom. The van der Waals surface area contributed by atoms with Crippen LogP contribution in [0.25, 0.3) is 0 Å². The Labute approximate surface area is 135 Å². The minimum atomic E-state index is -0.339. The van der Waals surface area contributed by atoms with Crippen LogP contribution in [0.3, 0.4) is 0 Å². The third-order valence-corrected chi connectivity index (χ3v) is 5.86. The molecule has 20 heavy (non-hydrogen) atoms. The predicted octanol–water partition coefficient (Wildman–Crippen LogP) is 2.62. The fraction of sp³-hybridized carbons (Fsp3) is 0.429. The molecule has 1 aromatic rings. The molecule has 1 amide bonds. The van der Waals surface area contributed by atoms with Crippen LogP contribution in [0.15, 0.2) is 24.3 Å². The summed E-state index contributed by atoms with van der Waals surface area (Å²) in [4.78, 5) is 13.7. The van der Waals surface area contributed by atoms with Gasteiger partial charge in [0, 0.05) is 13.1 Å². The van der Waals surface area contributed by atoms with Gasteiger partial charge in [0.25, 0.3) is 0 Å². The summed E-state index contributed by atoms with van der Waals surface area (Å²) in [7, 11) is 0. The third-order valence-electron chi connectivity index (χ3n) is 3.17. The normalized spacial score (nSPS) is 18.1. The van der Waals surface area contributed by atoms with E-state index >= 15 is 0 Å². The number of benzene rings is 1. The van der Waals surface area contributed by atoms with E-state index in [9.17, 15) is 4.79 Å². The smallest absolute Gasteiger partial charge is 0.238 e. The molecule has 1 aliphatic rings. The molecule has 0 unspecified atom stereocenters. The van der Waals surface area contributed by atoms with Crippen LogP contribution in [-0.2, 0) is 9.53 Å². The molecule has 0 bridgehead atoms. The maximum atomic E-state index is 12.4.